The van der Waals surface area contributed by atoms with Gasteiger partial charge in [0.2, 0.25) is 0 Å². The van der Waals surface area contributed by atoms with Crippen molar-refractivity contribution in [3.63, 3.8) is 0 Å². The summed E-state index contributed by atoms with van der Waals surface area (Å²) in [5, 5.41) is 10.2. The van der Waals surface area contributed by atoms with E-state index in [9.17, 15) is 5.11 Å². The molecule has 0 spiro atoms. The molecule has 108 valence electrons. The van der Waals surface area contributed by atoms with Gasteiger partial charge in [-0.15, -0.1) is 0 Å². The summed E-state index contributed by atoms with van der Waals surface area (Å²) in [6.45, 7) is 0.00364. The minimum absolute atomic E-state index is 0.00364. The zero-order valence-electron chi connectivity index (χ0n) is 11.3. The molecule has 21 heavy (non-hydrogen) atoms. The van der Waals surface area contributed by atoms with Gasteiger partial charge in [-0.25, -0.2) is 4.98 Å². The smallest absolute Gasteiger partial charge is 0.171 e. The molecule has 0 radical (unpaired) electrons. The molecule has 0 unspecified atom stereocenters. The molecule has 0 aliphatic carbocycles. The Morgan fingerprint density at radius 1 is 1.29 bits per heavy atom. The Balaban J connectivity index is 1.96. The molecule has 1 heterocycles. The summed E-state index contributed by atoms with van der Waals surface area (Å²) in [6.07, 6.45) is 0. The zero-order chi connectivity index (χ0) is 14.8. The maximum absolute atomic E-state index is 9.42. The summed E-state index contributed by atoms with van der Waals surface area (Å²) in [6, 6.07) is 11.5. The van der Waals surface area contributed by atoms with E-state index in [-0.39, 0.29) is 6.61 Å². The first-order valence-electron chi connectivity index (χ1n) is 6.30. The number of aromatic nitrogens is 2. The van der Waals surface area contributed by atoms with Crippen molar-refractivity contribution >= 4 is 38.7 Å². The third kappa shape index (κ3) is 3.07. The number of aliphatic hydroxyl groups is 1. The van der Waals surface area contributed by atoms with Crippen LogP contribution in [0.3, 0.4) is 0 Å². The second-order valence-corrected chi connectivity index (χ2v) is 6.38. The fourth-order valence-electron chi connectivity index (χ4n) is 2.00. The molecule has 0 amide bonds. The molecule has 0 fully saturated rings. The third-order valence-electron chi connectivity index (χ3n) is 3.07. The Labute approximate surface area is 134 Å². The third-order valence-corrected chi connectivity index (χ3v) is 4.55. The Kier molecular flexibility index (Phi) is 4.19. The highest BCUT2D eigenvalue weighted by molar-refractivity contribution is 9.10. The molecule has 2 aromatic carbocycles. The van der Waals surface area contributed by atoms with Gasteiger partial charge in [-0.1, -0.05) is 33.8 Å². The zero-order valence-corrected chi connectivity index (χ0v) is 13.7. The molecule has 6 heteroatoms. The van der Waals surface area contributed by atoms with Gasteiger partial charge in [-0.2, -0.15) is 0 Å². The molecular weight excluding hydrogens is 352 g/mol. The highest BCUT2D eigenvalue weighted by Gasteiger charge is 2.09. The first kappa shape index (κ1) is 14.4. The summed E-state index contributed by atoms with van der Waals surface area (Å²) >= 11 is 4.94. The van der Waals surface area contributed by atoms with Crippen LogP contribution < -0.4 is 4.74 Å². The van der Waals surface area contributed by atoms with E-state index in [0.29, 0.717) is 0 Å². The van der Waals surface area contributed by atoms with Crippen LogP contribution in [0.1, 0.15) is 5.56 Å². The van der Waals surface area contributed by atoms with Crippen molar-refractivity contribution in [1.82, 2.24) is 9.97 Å². The molecule has 0 saturated heterocycles. The van der Waals surface area contributed by atoms with Gasteiger partial charge in [0.1, 0.15) is 5.75 Å². The number of aliphatic hydroxyl groups excluding tert-OH is 1. The van der Waals surface area contributed by atoms with E-state index in [1.165, 1.54) is 11.8 Å². The molecule has 0 atom stereocenters. The monoisotopic (exact) mass is 364 g/mol. The van der Waals surface area contributed by atoms with Crippen LogP contribution in [0.5, 0.6) is 5.75 Å². The van der Waals surface area contributed by atoms with Crippen LogP contribution in [0.15, 0.2) is 50.9 Å². The first-order valence-corrected chi connectivity index (χ1v) is 7.91. The van der Waals surface area contributed by atoms with Gasteiger partial charge in [0, 0.05) is 15.4 Å². The van der Waals surface area contributed by atoms with Crippen molar-refractivity contribution in [2.45, 2.75) is 16.7 Å². The number of hydrogen-bond donors (Lipinski definition) is 2. The Morgan fingerprint density at radius 3 is 2.90 bits per heavy atom. The van der Waals surface area contributed by atoms with Gasteiger partial charge in [-0.05, 0) is 29.8 Å². The predicted molar refractivity (Wildman–Crippen MR) is 86.8 cm³/mol. The minimum atomic E-state index is 0.00364. The van der Waals surface area contributed by atoms with Crippen molar-refractivity contribution in [2.24, 2.45) is 0 Å². The van der Waals surface area contributed by atoms with E-state index < -0.39 is 0 Å². The van der Waals surface area contributed by atoms with Crippen molar-refractivity contribution in [3.05, 3.63) is 46.4 Å². The van der Waals surface area contributed by atoms with Gasteiger partial charge in [0.15, 0.2) is 5.16 Å². The van der Waals surface area contributed by atoms with Crippen LogP contribution in [0.25, 0.3) is 11.0 Å². The van der Waals surface area contributed by atoms with E-state index in [1.807, 2.05) is 36.4 Å². The lowest BCUT2D eigenvalue weighted by molar-refractivity contribution is 0.279. The molecule has 0 saturated carbocycles. The number of benzene rings is 2. The number of methoxy groups -OCH3 is 1. The molecule has 0 aliphatic rings. The van der Waals surface area contributed by atoms with Crippen molar-refractivity contribution < 1.29 is 9.84 Å². The van der Waals surface area contributed by atoms with Crippen LogP contribution in [0.2, 0.25) is 0 Å². The number of rotatable bonds is 4. The number of fused-ring (bicyclic) bond motifs is 1. The molecule has 3 aromatic rings. The molecule has 0 aliphatic heterocycles. The highest BCUT2D eigenvalue weighted by Crippen LogP contribution is 2.32. The van der Waals surface area contributed by atoms with Gasteiger partial charge < -0.3 is 14.8 Å². The standard InChI is InChI=1S/C15H13BrN2O2S/c1-20-11-4-5-12-13(7-11)18-15(17-12)21-14-6-10(16)3-2-9(14)8-19/h2-7,19H,8H2,1H3,(H,17,18). The predicted octanol–water partition coefficient (Wildman–Crippen LogP) is 3.98. The Bertz CT molecular complexity index is 788. The Hall–Kier alpha value is -1.50. The average Bonchev–Trinajstić information content (AvgIpc) is 2.88. The molecule has 1 aromatic heterocycles. The lowest BCUT2D eigenvalue weighted by atomic mass is 10.2. The number of nitrogens with zero attached hydrogens (tertiary/aromatic N) is 1. The summed E-state index contributed by atoms with van der Waals surface area (Å²) in [4.78, 5) is 8.78. The summed E-state index contributed by atoms with van der Waals surface area (Å²) in [5.41, 5.74) is 2.69. The van der Waals surface area contributed by atoms with Crippen LogP contribution in [0.4, 0.5) is 0 Å². The second-order valence-electron chi connectivity index (χ2n) is 4.44. The number of aromatic amines is 1. The van der Waals surface area contributed by atoms with Gasteiger partial charge in [0.25, 0.3) is 0 Å². The first-order chi connectivity index (χ1) is 10.2. The van der Waals surface area contributed by atoms with E-state index in [2.05, 4.69) is 25.9 Å². The fraction of sp³-hybridized carbons (Fsp3) is 0.133. The van der Waals surface area contributed by atoms with Crippen molar-refractivity contribution in [1.29, 1.82) is 0 Å². The SMILES string of the molecule is COc1ccc2nc(Sc3cc(Br)ccc3CO)[nH]c2c1. The highest BCUT2D eigenvalue weighted by atomic mass is 79.9. The lowest BCUT2D eigenvalue weighted by Crippen LogP contribution is -1.88. The number of nitrogens with one attached hydrogen (secondary N) is 1. The summed E-state index contributed by atoms with van der Waals surface area (Å²) < 4.78 is 6.18. The number of ether oxygens (including phenoxy) is 1. The average molecular weight is 365 g/mol. The molecule has 0 bridgehead atoms. The van der Waals surface area contributed by atoms with Gasteiger partial charge in [-0.3, -0.25) is 0 Å². The largest absolute Gasteiger partial charge is 0.497 e. The van der Waals surface area contributed by atoms with Crippen LogP contribution in [0, 0.1) is 0 Å². The van der Waals surface area contributed by atoms with Crippen molar-refractivity contribution in [3.8, 4) is 5.75 Å². The summed E-state index contributed by atoms with van der Waals surface area (Å²) in [5.74, 6) is 0.793. The fourth-order valence-corrected chi connectivity index (χ4v) is 3.47. The maximum Gasteiger partial charge on any atom is 0.171 e. The van der Waals surface area contributed by atoms with Crippen LogP contribution >= 0.6 is 27.7 Å². The Morgan fingerprint density at radius 2 is 2.14 bits per heavy atom. The van der Waals surface area contributed by atoms with E-state index in [4.69, 9.17) is 4.74 Å². The van der Waals surface area contributed by atoms with E-state index >= 15 is 0 Å². The maximum atomic E-state index is 9.42. The van der Waals surface area contributed by atoms with Crippen LogP contribution in [-0.4, -0.2) is 22.2 Å². The number of halogens is 1. The topological polar surface area (TPSA) is 58.1 Å². The normalized spacial score (nSPS) is 11.0. The van der Waals surface area contributed by atoms with E-state index in [0.717, 1.165) is 36.9 Å². The quantitative estimate of drug-likeness (QED) is 0.734. The molecule has 3 rings (SSSR count). The minimum Gasteiger partial charge on any atom is -0.497 e. The number of H-pyrrole nitrogens is 1. The van der Waals surface area contributed by atoms with Crippen LogP contribution in [-0.2, 0) is 6.61 Å². The van der Waals surface area contributed by atoms with Crippen molar-refractivity contribution in [2.75, 3.05) is 7.11 Å². The van der Waals surface area contributed by atoms with E-state index in [1.54, 1.807) is 7.11 Å². The van der Waals surface area contributed by atoms with Gasteiger partial charge >= 0.3 is 0 Å². The molecule has 2 N–H and O–H groups in total. The number of imidazole rings is 1. The van der Waals surface area contributed by atoms with Gasteiger partial charge in [0.05, 0.1) is 24.8 Å². The lowest BCUT2D eigenvalue weighted by Gasteiger charge is -2.05. The molecule has 4 nitrogen and oxygen atoms in total. The molecular formula is C15H13BrN2O2S. The second kappa shape index (κ2) is 6.09. The summed E-state index contributed by atoms with van der Waals surface area (Å²) in [7, 11) is 1.64. The number of hydrogen-bond acceptors (Lipinski definition) is 4.